The Morgan fingerprint density at radius 1 is 1.00 bits per heavy atom. The van der Waals surface area contributed by atoms with Crippen molar-refractivity contribution >= 4 is 27.6 Å². The summed E-state index contributed by atoms with van der Waals surface area (Å²) in [6.45, 7) is 2.09. The van der Waals surface area contributed by atoms with Crippen LogP contribution in [0, 0.1) is 0 Å². The zero-order valence-corrected chi connectivity index (χ0v) is 18.9. The SMILES string of the molecule is CCNS(=O)(=O)Nc1ncnc(OCCOc2ncc(OC)cn2)c1-c1ccc(Cl)cc1. The number of hydrogen-bond donors (Lipinski definition) is 2. The highest BCUT2D eigenvalue weighted by atomic mass is 35.5. The second-order valence-corrected chi connectivity index (χ2v) is 8.05. The fourth-order valence-corrected chi connectivity index (χ4v) is 3.53. The van der Waals surface area contributed by atoms with Crippen LogP contribution >= 0.6 is 11.6 Å². The Labute approximate surface area is 190 Å². The van der Waals surface area contributed by atoms with Crippen LogP contribution in [0.1, 0.15) is 6.92 Å². The second-order valence-electron chi connectivity index (χ2n) is 6.12. The van der Waals surface area contributed by atoms with E-state index in [1.54, 1.807) is 31.2 Å². The van der Waals surface area contributed by atoms with Crippen LogP contribution < -0.4 is 23.7 Å². The summed E-state index contributed by atoms with van der Waals surface area (Å²) in [5.41, 5.74) is 0.963. The van der Waals surface area contributed by atoms with Crippen molar-refractivity contribution in [3.05, 3.63) is 48.0 Å². The molecule has 0 aliphatic heterocycles. The predicted molar refractivity (Wildman–Crippen MR) is 118 cm³/mol. The van der Waals surface area contributed by atoms with Gasteiger partial charge in [-0.2, -0.15) is 23.1 Å². The van der Waals surface area contributed by atoms with Crippen molar-refractivity contribution in [2.45, 2.75) is 6.92 Å². The van der Waals surface area contributed by atoms with Gasteiger partial charge in [0.2, 0.25) is 5.88 Å². The molecule has 1 aromatic carbocycles. The van der Waals surface area contributed by atoms with Gasteiger partial charge < -0.3 is 14.2 Å². The molecule has 0 spiro atoms. The number of hydrogen-bond acceptors (Lipinski definition) is 9. The molecule has 2 heterocycles. The van der Waals surface area contributed by atoms with E-state index in [-0.39, 0.29) is 37.5 Å². The number of rotatable bonds is 11. The zero-order chi connectivity index (χ0) is 23.0. The molecule has 0 saturated carbocycles. The van der Waals surface area contributed by atoms with Crippen LogP contribution in [0.15, 0.2) is 43.0 Å². The van der Waals surface area contributed by atoms with Crippen molar-refractivity contribution < 1.29 is 22.6 Å². The largest absolute Gasteiger partial charge is 0.494 e. The first-order valence-corrected chi connectivity index (χ1v) is 11.3. The highest BCUT2D eigenvalue weighted by molar-refractivity contribution is 7.90. The van der Waals surface area contributed by atoms with Crippen LogP contribution in [0.5, 0.6) is 17.6 Å². The summed E-state index contributed by atoms with van der Waals surface area (Å²) < 4.78 is 45.4. The number of aromatic nitrogens is 4. The Morgan fingerprint density at radius 2 is 1.69 bits per heavy atom. The van der Waals surface area contributed by atoms with Gasteiger partial charge in [0.15, 0.2) is 11.6 Å². The molecule has 0 saturated heterocycles. The molecule has 0 radical (unpaired) electrons. The van der Waals surface area contributed by atoms with Crippen LogP contribution in [0.25, 0.3) is 11.1 Å². The van der Waals surface area contributed by atoms with E-state index in [1.807, 2.05) is 0 Å². The molecule has 3 aromatic rings. The van der Waals surface area contributed by atoms with Crippen LogP contribution in [0.3, 0.4) is 0 Å². The number of benzene rings is 1. The second kappa shape index (κ2) is 10.9. The average molecular weight is 481 g/mol. The summed E-state index contributed by atoms with van der Waals surface area (Å²) in [4.78, 5) is 16.2. The van der Waals surface area contributed by atoms with E-state index < -0.39 is 10.2 Å². The highest BCUT2D eigenvalue weighted by Crippen LogP contribution is 2.34. The maximum atomic E-state index is 12.2. The molecule has 0 atom stereocenters. The maximum Gasteiger partial charge on any atom is 0.316 e. The van der Waals surface area contributed by atoms with E-state index in [0.717, 1.165) is 0 Å². The third kappa shape index (κ3) is 6.39. The topological polar surface area (TPSA) is 137 Å². The summed E-state index contributed by atoms with van der Waals surface area (Å²) in [6, 6.07) is 6.91. The number of methoxy groups -OCH3 is 1. The molecule has 2 aromatic heterocycles. The van der Waals surface area contributed by atoms with Gasteiger partial charge in [0.1, 0.15) is 19.5 Å². The Hall–Kier alpha value is -3.22. The van der Waals surface area contributed by atoms with E-state index in [0.29, 0.717) is 21.9 Å². The monoisotopic (exact) mass is 480 g/mol. The highest BCUT2D eigenvalue weighted by Gasteiger charge is 2.19. The van der Waals surface area contributed by atoms with Gasteiger partial charge >= 0.3 is 6.01 Å². The first-order chi connectivity index (χ1) is 15.4. The van der Waals surface area contributed by atoms with E-state index >= 15 is 0 Å². The molecule has 0 fully saturated rings. The fraction of sp³-hybridized carbons (Fsp3) is 0.263. The van der Waals surface area contributed by atoms with Gasteiger partial charge in [-0.05, 0) is 17.7 Å². The number of nitrogens with one attached hydrogen (secondary N) is 2. The van der Waals surface area contributed by atoms with Gasteiger partial charge in [0, 0.05) is 11.6 Å². The van der Waals surface area contributed by atoms with Crippen LogP contribution in [0.2, 0.25) is 5.02 Å². The van der Waals surface area contributed by atoms with E-state index in [9.17, 15) is 8.42 Å². The average Bonchev–Trinajstić information content (AvgIpc) is 2.78. The number of nitrogens with zero attached hydrogens (tertiary/aromatic N) is 4. The fourth-order valence-electron chi connectivity index (χ4n) is 2.54. The standard InChI is InChI=1S/C19H21ClN6O5S/c1-3-25-32(27,28)26-17-16(13-4-6-14(20)7-5-13)18(24-12-23-17)30-8-9-31-19-21-10-15(29-2)11-22-19/h4-7,10-12,25H,3,8-9H2,1-2H3,(H,23,24,26). The minimum Gasteiger partial charge on any atom is -0.494 e. The first-order valence-electron chi connectivity index (χ1n) is 9.42. The summed E-state index contributed by atoms with van der Waals surface area (Å²) >= 11 is 5.99. The summed E-state index contributed by atoms with van der Waals surface area (Å²) in [7, 11) is -2.32. The number of anilines is 1. The van der Waals surface area contributed by atoms with E-state index in [1.165, 1.54) is 25.8 Å². The molecule has 2 N–H and O–H groups in total. The van der Waals surface area contributed by atoms with Crippen LogP contribution in [0.4, 0.5) is 5.82 Å². The maximum absolute atomic E-state index is 12.2. The minimum absolute atomic E-state index is 0.0534. The van der Waals surface area contributed by atoms with Gasteiger partial charge in [0.05, 0.1) is 25.1 Å². The van der Waals surface area contributed by atoms with Crippen molar-refractivity contribution in [3.8, 4) is 28.8 Å². The van der Waals surface area contributed by atoms with Gasteiger partial charge in [-0.3, -0.25) is 4.72 Å². The molecule has 0 bridgehead atoms. The van der Waals surface area contributed by atoms with Crippen molar-refractivity contribution in [1.29, 1.82) is 0 Å². The third-order valence-electron chi connectivity index (χ3n) is 3.90. The molecule has 0 amide bonds. The van der Waals surface area contributed by atoms with E-state index in [2.05, 4.69) is 29.4 Å². The van der Waals surface area contributed by atoms with Crippen LogP contribution in [-0.4, -0.2) is 55.2 Å². The number of halogens is 1. The third-order valence-corrected chi connectivity index (χ3v) is 5.29. The molecule has 0 unspecified atom stereocenters. The molecular weight excluding hydrogens is 460 g/mol. The van der Waals surface area contributed by atoms with Crippen molar-refractivity contribution in [3.63, 3.8) is 0 Å². The molecule has 13 heteroatoms. The minimum atomic E-state index is -3.83. The predicted octanol–water partition coefficient (Wildman–Crippen LogP) is 2.32. The lowest BCUT2D eigenvalue weighted by Crippen LogP contribution is -2.30. The Morgan fingerprint density at radius 3 is 2.34 bits per heavy atom. The summed E-state index contributed by atoms with van der Waals surface area (Å²) in [5.74, 6) is 0.725. The van der Waals surface area contributed by atoms with Crippen molar-refractivity contribution in [2.24, 2.45) is 0 Å². The van der Waals surface area contributed by atoms with E-state index in [4.69, 9.17) is 25.8 Å². The van der Waals surface area contributed by atoms with Gasteiger partial charge in [-0.1, -0.05) is 30.7 Å². The Kier molecular flexibility index (Phi) is 7.98. The lowest BCUT2D eigenvalue weighted by atomic mass is 10.1. The Bertz CT molecular complexity index is 1130. The van der Waals surface area contributed by atoms with Gasteiger partial charge in [0.25, 0.3) is 10.2 Å². The molecule has 11 nitrogen and oxygen atoms in total. The first kappa shape index (κ1) is 23.4. The summed E-state index contributed by atoms with van der Waals surface area (Å²) in [6.07, 6.45) is 4.16. The molecular formula is C19H21ClN6O5S. The normalized spacial score (nSPS) is 11.1. The molecule has 32 heavy (non-hydrogen) atoms. The Balaban J connectivity index is 1.79. The van der Waals surface area contributed by atoms with Crippen LogP contribution in [-0.2, 0) is 10.2 Å². The summed E-state index contributed by atoms with van der Waals surface area (Å²) in [5, 5.41) is 0.524. The number of ether oxygens (including phenoxy) is 3. The molecule has 3 rings (SSSR count). The quantitative estimate of drug-likeness (QED) is 0.396. The van der Waals surface area contributed by atoms with Crippen molar-refractivity contribution in [2.75, 3.05) is 31.6 Å². The van der Waals surface area contributed by atoms with Gasteiger partial charge in [-0.25, -0.2) is 9.97 Å². The smallest absolute Gasteiger partial charge is 0.316 e. The lowest BCUT2D eigenvalue weighted by molar-refractivity contribution is 0.201. The molecule has 0 aliphatic carbocycles. The molecule has 170 valence electrons. The lowest BCUT2D eigenvalue weighted by Gasteiger charge is -2.15. The zero-order valence-electron chi connectivity index (χ0n) is 17.3. The van der Waals surface area contributed by atoms with Crippen molar-refractivity contribution in [1.82, 2.24) is 24.7 Å². The van der Waals surface area contributed by atoms with Gasteiger partial charge in [-0.15, -0.1) is 0 Å². The molecule has 0 aliphatic rings.